The Hall–Kier alpha value is -2.66. The molecule has 0 aliphatic heterocycles. The Bertz CT molecular complexity index is 742. The van der Waals surface area contributed by atoms with Crippen molar-refractivity contribution in [3.05, 3.63) is 70.5 Å². The molecule has 0 unspecified atom stereocenters. The first-order valence-electron chi connectivity index (χ1n) is 6.23. The van der Waals surface area contributed by atoms with Gasteiger partial charge < -0.3 is 10.4 Å². The molecular weight excluding hydrogens is 309 g/mol. The minimum Gasteiger partial charge on any atom is -0.478 e. The highest BCUT2D eigenvalue weighted by Gasteiger charge is 2.10. The van der Waals surface area contributed by atoms with Crippen LogP contribution in [-0.4, -0.2) is 17.0 Å². The van der Waals surface area contributed by atoms with Crippen LogP contribution in [0.2, 0.25) is 5.02 Å². The van der Waals surface area contributed by atoms with E-state index in [1.165, 1.54) is 54.6 Å². The monoisotopic (exact) mass is 319 g/mol. The fourth-order valence-electron chi connectivity index (χ4n) is 1.70. The molecule has 2 aromatic rings. The van der Waals surface area contributed by atoms with E-state index in [1.54, 1.807) is 0 Å². The first kappa shape index (κ1) is 15.7. The zero-order valence-electron chi connectivity index (χ0n) is 11.2. The summed E-state index contributed by atoms with van der Waals surface area (Å²) in [5.41, 5.74) is 0.886. The van der Waals surface area contributed by atoms with E-state index in [0.717, 1.165) is 0 Å². The van der Waals surface area contributed by atoms with Crippen molar-refractivity contribution in [3.63, 3.8) is 0 Å². The Balaban J connectivity index is 2.07. The molecule has 0 aromatic heterocycles. The molecule has 0 saturated heterocycles. The van der Waals surface area contributed by atoms with Crippen LogP contribution in [0.15, 0.2) is 48.5 Å². The fourth-order valence-corrected chi connectivity index (χ4v) is 1.90. The lowest BCUT2D eigenvalue weighted by molar-refractivity contribution is -0.111. The van der Waals surface area contributed by atoms with Crippen molar-refractivity contribution in [2.75, 3.05) is 5.32 Å². The summed E-state index contributed by atoms with van der Waals surface area (Å²) in [7, 11) is 0. The molecule has 6 heteroatoms. The number of carbonyl (C=O) groups excluding carboxylic acids is 1. The molecule has 2 aromatic carbocycles. The molecule has 2 N–H and O–H groups in total. The minimum atomic E-state index is -1.18. The van der Waals surface area contributed by atoms with Crippen LogP contribution in [0.25, 0.3) is 6.08 Å². The van der Waals surface area contributed by atoms with Crippen molar-refractivity contribution < 1.29 is 19.1 Å². The average Bonchev–Trinajstić information content (AvgIpc) is 2.48. The maximum atomic E-state index is 12.7. The standard InChI is InChI=1S/C16H11ClFNO3/c17-14-7-6-12(9-13(14)16(21)22)19-15(20)8-3-10-1-4-11(18)5-2-10/h1-9H,(H,19,20)(H,21,22)/b8-3+. The smallest absolute Gasteiger partial charge is 0.337 e. The predicted octanol–water partition coefficient (Wildman–Crippen LogP) is 3.83. The second kappa shape index (κ2) is 6.87. The van der Waals surface area contributed by atoms with Gasteiger partial charge in [0.15, 0.2) is 0 Å². The molecule has 0 atom stereocenters. The van der Waals surface area contributed by atoms with Gasteiger partial charge in [-0.2, -0.15) is 0 Å². The average molecular weight is 320 g/mol. The van der Waals surface area contributed by atoms with Crippen molar-refractivity contribution in [1.29, 1.82) is 0 Å². The predicted molar refractivity (Wildman–Crippen MR) is 82.5 cm³/mol. The van der Waals surface area contributed by atoms with E-state index >= 15 is 0 Å². The van der Waals surface area contributed by atoms with Crippen LogP contribution in [0, 0.1) is 5.82 Å². The Morgan fingerprint density at radius 1 is 1.14 bits per heavy atom. The molecule has 4 nitrogen and oxygen atoms in total. The Morgan fingerprint density at radius 3 is 2.45 bits per heavy atom. The highest BCUT2D eigenvalue weighted by molar-refractivity contribution is 6.33. The van der Waals surface area contributed by atoms with E-state index in [1.807, 2.05) is 0 Å². The summed E-state index contributed by atoms with van der Waals surface area (Å²) in [6.45, 7) is 0. The quantitative estimate of drug-likeness (QED) is 0.842. The molecule has 0 bridgehead atoms. The van der Waals surface area contributed by atoms with Gasteiger partial charge in [0.1, 0.15) is 5.82 Å². The fraction of sp³-hybridized carbons (Fsp3) is 0. The third-order valence-electron chi connectivity index (χ3n) is 2.76. The molecule has 0 radical (unpaired) electrons. The molecule has 0 aliphatic carbocycles. The van der Waals surface area contributed by atoms with E-state index in [-0.39, 0.29) is 16.4 Å². The van der Waals surface area contributed by atoms with Gasteiger partial charge in [-0.05, 0) is 42.0 Å². The first-order valence-corrected chi connectivity index (χ1v) is 6.61. The van der Waals surface area contributed by atoms with Crippen molar-refractivity contribution >= 4 is 35.2 Å². The van der Waals surface area contributed by atoms with Gasteiger partial charge in [-0.25, -0.2) is 9.18 Å². The van der Waals surface area contributed by atoms with Gasteiger partial charge in [-0.3, -0.25) is 4.79 Å². The molecule has 2 rings (SSSR count). The largest absolute Gasteiger partial charge is 0.478 e. The summed E-state index contributed by atoms with van der Waals surface area (Å²) in [5, 5.41) is 11.6. The van der Waals surface area contributed by atoms with E-state index < -0.39 is 11.9 Å². The zero-order valence-corrected chi connectivity index (χ0v) is 12.0. The SMILES string of the molecule is O=C(/C=C/c1ccc(F)cc1)Nc1ccc(Cl)c(C(=O)O)c1. The molecule has 0 saturated carbocycles. The maximum Gasteiger partial charge on any atom is 0.337 e. The summed E-state index contributed by atoms with van der Waals surface area (Å²) in [6, 6.07) is 9.80. The Morgan fingerprint density at radius 2 is 1.82 bits per heavy atom. The number of carbonyl (C=O) groups is 2. The first-order chi connectivity index (χ1) is 10.5. The number of nitrogens with one attached hydrogen (secondary N) is 1. The van der Waals surface area contributed by atoms with Crippen molar-refractivity contribution in [3.8, 4) is 0 Å². The van der Waals surface area contributed by atoms with Gasteiger partial charge in [0.2, 0.25) is 5.91 Å². The topological polar surface area (TPSA) is 66.4 Å². The summed E-state index contributed by atoms with van der Waals surface area (Å²) in [6.07, 6.45) is 2.78. The minimum absolute atomic E-state index is 0.0901. The van der Waals surface area contributed by atoms with Crippen LogP contribution in [-0.2, 0) is 4.79 Å². The molecule has 0 fully saturated rings. The summed E-state index contributed by atoms with van der Waals surface area (Å²) in [5.74, 6) is -1.98. The third kappa shape index (κ3) is 4.17. The van der Waals surface area contributed by atoms with Crippen LogP contribution >= 0.6 is 11.6 Å². The lowest BCUT2D eigenvalue weighted by atomic mass is 10.2. The van der Waals surface area contributed by atoms with Gasteiger partial charge in [0.25, 0.3) is 0 Å². The lowest BCUT2D eigenvalue weighted by Crippen LogP contribution is -2.09. The number of anilines is 1. The van der Waals surface area contributed by atoms with Crippen molar-refractivity contribution in [2.45, 2.75) is 0 Å². The van der Waals surface area contributed by atoms with Crippen LogP contribution in [0.3, 0.4) is 0 Å². The third-order valence-corrected chi connectivity index (χ3v) is 3.09. The Kier molecular flexibility index (Phi) is 4.91. The van der Waals surface area contributed by atoms with E-state index in [2.05, 4.69) is 5.32 Å². The Labute approximate surface area is 130 Å². The normalized spacial score (nSPS) is 10.6. The molecule has 1 amide bonds. The molecule has 112 valence electrons. The van der Waals surface area contributed by atoms with E-state index in [4.69, 9.17) is 16.7 Å². The number of halogens is 2. The molecule has 22 heavy (non-hydrogen) atoms. The summed E-state index contributed by atoms with van der Waals surface area (Å²) >= 11 is 5.74. The number of benzene rings is 2. The number of amides is 1. The molecular formula is C16H11ClFNO3. The highest BCUT2D eigenvalue weighted by Crippen LogP contribution is 2.20. The second-order valence-corrected chi connectivity index (χ2v) is 4.78. The number of carboxylic acids is 1. The zero-order chi connectivity index (χ0) is 16.1. The summed E-state index contributed by atoms with van der Waals surface area (Å²) < 4.78 is 12.7. The summed E-state index contributed by atoms with van der Waals surface area (Å²) in [4.78, 5) is 22.7. The van der Waals surface area contributed by atoms with E-state index in [9.17, 15) is 14.0 Å². The second-order valence-electron chi connectivity index (χ2n) is 4.37. The number of carboxylic acid groups (broad SMARTS) is 1. The molecule has 0 aliphatic rings. The number of aromatic carboxylic acids is 1. The number of hydrogen-bond acceptors (Lipinski definition) is 2. The number of hydrogen-bond donors (Lipinski definition) is 2. The van der Waals surface area contributed by atoms with Crippen LogP contribution in [0.5, 0.6) is 0 Å². The van der Waals surface area contributed by atoms with Gasteiger partial charge in [0, 0.05) is 11.8 Å². The molecule has 0 spiro atoms. The van der Waals surface area contributed by atoms with E-state index in [0.29, 0.717) is 11.3 Å². The van der Waals surface area contributed by atoms with Crippen molar-refractivity contribution in [1.82, 2.24) is 0 Å². The van der Waals surface area contributed by atoms with Gasteiger partial charge in [0.05, 0.1) is 10.6 Å². The highest BCUT2D eigenvalue weighted by atomic mass is 35.5. The van der Waals surface area contributed by atoms with Crippen molar-refractivity contribution in [2.24, 2.45) is 0 Å². The van der Waals surface area contributed by atoms with Gasteiger partial charge in [-0.1, -0.05) is 23.7 Å². The lowest BCUT2D eigenvalue weighted by Gasteiger charge is -2.05. The van der Waals surface area contributed by atoms with Crippen LogP contribution in [0.1, 0.15) is 15.9 Å². The molecule has 0 heterocycles. The van der Waals surface area contributed by atoms with Crippen LogP contribution in [0.4, 0.5) is 10.1 Å². The van der Waals surface area contributed by atoms with Crippen LogP contribution < -0.4 is 5.32 Å². The van der Waals surface area contributed by atoms with Gasteiger partial charge >= 0.3 is 5.97 Å². The maximum absolute atomic E-state index is 12.7. The number of rotatable bonds is 4. The van der Waals surface area contributed by atoms with Gasteiger partial charge in [-0.15, -0.1) is 0 Å².